The van der Waals surface area contributed by atoms with Gasteiger partial charge in [-0.1, -0.05) is 13.0 Å². The van der Waals surface area contributed by atoms with E-state index in [9.17, 15) is 13.6 Å². The lowest BCUT2D eigenvalue weighted by Gasteiger charge is -2.24. The zero-order valence-corrected chi connectivity index (χ0v) is 21.1. The van der Waals surface area contributed by atoms with Crippen molar-refractivity contribution in [3.63, 3.8) is 0 Å². The molecule has 2 unspecified atom stereocenters. The first-order chi connectivity index (χ1) is 18.1. The van der Waals surface area contributed by atoms with E-state index >= 15 is 4.39 Å². The molecule has 1 amide bonds. The second-order valence-electron chi connectivity index (χ2n) is 10.1. The van der Waals surface area contributed by atoms with E-state index in [1.807, 2.05) is 19.9 Å². The molecule has 2 atom stereocenters. The van der Waals surface area contributed by atoms with Gasteiger partial charge in [0, 0.05) is 30.4 Å². The smallest absolute Gasteiger partial charge is 0.387 e. The van der Waals surface area contributed by atoms with Gasteiger partial charge >= 0.3 is 6.61 Å². The molecule has 0 radical (unpaired) electrons. The van der Waals surface area contributed by atoms with Crippen LogP contribution in [0.25, 0.3) is 27.8 Å². The van der Waals surface area contributed by atoms with Gasteiger partial charge in [0.15, 0.2) is 5.75 Å². The van der Waals surface area contributed by atoms with Crippen LogP contribution in [0.5, 0.6) is 5.75 Å². The number of ether oxygens (including phenoxy) is 1. The number of aryl methyl sites for hydroxylation is 1. The van der Waals surface area contributed by atoms with Crippen LogP contribution < -0.4 is 10.5 Å². The van der Waals surface area contributed by atoms with Gasteiger partial charge in [-0.05, 0) is 56.0 Å². The minimum atomic E-state index is -3.10. The Bertz CT molecular complexity index is 1610. The number of benzene rings is 2. The number of imidazole rings is 1. The van der Waals surface area contributed by atoms with Crippen LogP contribution >= 0.6 is 0 Å². The van der Waals surface area contributed by atoms with E-state index in [1.165, 1.54) is 23.1 Å². The first-order valence-electron chi connectivity index (χ1n) is 12.5. The summed E-state index contributed by atoms with van der Waals surface area (Å²) < 4.78 is 48.9. The third-order valence-electron chi connectivity index (χ3n) is 7.64. The fourth-order valence-corrected chi connectivity index (χ4v) is 5.75. The summed E-state index contributed by atoms with van der Waals surface area (Å²) >= 11 is 0. The fraction of sp³-hybridized carbons (Fsp3) is 0.321. The summed E-state index contributed by atoms with van der Waals surface area (Å²) in [6.07, 6.45) is 3.60. The van der Waals surface area contributed by atoms with Crippen LogP contribution in [0.3, 0.4) is 0 Å². The molecule has 0 saturated heterocycles. The van der Waals surface area contributed by atoms with Gasteiger partial charge in [-0.3, -0.25) is 14.3 Å². The number of alkyl halides is 2. The summed E-state index contributed by atoms with van der Waals surface area (Å²) in [5.74, 6) is -0.565. The summed E-state index contributed by atoms with van der Waals surface area (Å²) in [5, 5.41) is 0. The van der Waals surface area contributed by atoms with Crippen molar-refractivity contribution in [1.29, 1.82) is 0 Å². The van der Waals surface area contributed by atoms with Gasteiger partial charge in [-0.15, -0.1) is 0 Å². The molecule has 2 N–H and O–H groups in total. The molecule has 2 aliphatic rings. The summed E-state index contributed by atoms with van der Waals surface area (Å²) in [6, 6.07) is 8.84. The predicted octanol–water partition coefficient (Wildman–Crippen LogP) is 5.48. The van der Waals surface area contributed by atoms with Crippen molar-refractivity contribution in [3.05, 3.63) is 71.1 Å². The number of nitrogens with zero attached hydrogens (tertiary/aromatic N) is 4. The molecule has 6 rings (SSSR count). The average Bonchev–Trinajstić information content (AvgIpc) is 3.36. The monoisotopic (exact) mass is 521 g/mol. The highest BCUT2D eigenvalue weighted by molar-refractivity contribution is 6.01. The quantitative estimate of drug-likeness (QED) is 0.384. The number of rotatable bonds is 4. The highest BCUT2D eigenvalue weighted by Crippen LogP contribution is 2.42. The van der Waals surface area contributed by atoms with E-state index in [1.54, 1.807) is 29.9 Å². The highest BCUT2D eigenvalue weighted by Gasteiger charge is 2.36. The number of halogens is 3. The zero-order valence-electron chi connectivity index (χ0n) is 21.1. The van der Waals surface area contributed by atoms with Crippen molar-refractivity contribution >= 4 is 16.9 Å². The Hall–Kier alpha value is -3.92. The second kappa shape index (κ2) is 8.56. The van der Waals surface area contributed by atoms with Gasteiger partial charge in [0.25, 0.3) is 5.91 Å². The van der Waals surface area contributed by atoms with Crippen LogP contribution in [0.2, 0.25) is 0 Å². The maximum Gasteiger partial charge on any atom is 0.387 e. The molecule has 2 aromatic heterocycles. The van der Waals surface area contributed by atoms with Gasteiger partial charge in [0.05, 0.1) is 33.9 Å². The Kier molecular flexibility index (Phi) is 5.50. The van der Waals surface area contributed by atoms with E-state index in [4.69, 9.17) is 15.5 Å². The summed E-state index contributed by atoms with van der Waals surface area (Å²) in [5.41, 5.74) is 9.60. The SMILES string of the molecule is CCC1c2nc3cc(F)c(-c4cnc5c(c4)CCC5(C)N)cc3n2-c2c(OC(F)F)cccc2C(=O)N1C. The van der Waals surface area contributed by atoms with E-state index in [-0.39, 0.29) is 28.5 Å². The average molecular weight is 522 g/mol. The predicted molar refractivity (Wildman–Crippen MR) is 136 cm³/mol. The van der Waals surface area contributed by atoms with Crippen LogP contribution in [0.15, 0.2) is 42.6 Å². The summed E-state index contributed by atoms with van der Waals surface area (Å²) in [7, 11) is 1.64. The Morgan fingerprint density at radius 1 is 1.24 bits per heavy atom. The third kappa shape index (κ3) is 3.58. The van der Waals surface area contributed by atoms with E-state index in [2.05, 4.69) is 4.98 Å². The molecule has 10 heteroatoms. The molecule has 196 valence electrons. The first-order valence-corrected chi connectivity index (χ1v) is 12.5. The molecule has 2 aromatic carbocycles. The topological polar surface area (TPSA) is 86.3 Å². The minimum Gasteiger partial charge on any atom is -0.433 e. The van der Waals surface area contributed by atoms with E-state index in [0.717, 1.165) is 24.1 Å². The molecule has 3 heterocycles. The Labute approximate surface area is 217 Å². The Morgan fingerprint density at radius 2 is 2.03 bits per heavy atom. The van der Waals surface area contributed by atoms with Crippen molar-refractivity contribution in [1.82, 2.24) is 19.4 Å². The Morgan fingerprint density at radius 3 is 2.76 bits per heavy atom. The lowest BCUT2D eigenvalue weighted by molar-refractivity contribution is -0.0498. The van der Waals surface area contributed by atoms with Crippen molar-refractivity contribution in [2.24, 2.45) is 5.73 Å². The normalized spacial score (nSPS) is 20.5. The van der Waals surface area contributed by atoms with Crippen molar-refractivity contribution in [2.45, 2.75) is 51.3 Å². The number of nitrogens with two attached hydrogens (primary N) is 1. The molecule has 0 bridgehead atoms. The van der Waals surface area contributed by atoms with E-state index in [0.29, 0.717) is 28.8 Å². The van der Waals surface area contributed by atoms with Gasteiger partial charge in [0.1, 0.15) is 17.3 Å². The number of fused-ring (bicyclic) bond motifs is 6. The number of amides is 1. The second-order valence-corrected chi connectivity index (χ2v) is 10.1. The minimum absolute atomic E-state index is 0.154. The lowest BCUT2D eigenvalue weighted by Crippen LogP contribution is -2.30. The maximum atomic E-state index is 15.5. The van der Waals surface area contributed by atoms with Crippen LogP contribution in [0, 0.1) is 5.82 Å². The number of aromatic nitrogens is 3. The molecule has 0 saturated carbocycles. The third-order valence-corrected chi connectivity index (χ3v) is 7.64. The number of hydrogen-bond acceptors (Lipinski definition) is 5. The first kappa shape index (κ1) is 24.4. The van der Waals surface area contributed by atoms with Crippen molar-refractivity contribution < 1.29 is 22.7 Å². The van der Waals surface area contributed by atoms with Gasteiger partial charge in [-0.2, -0.15) is 8.78 Å². The largest absolute Gasteiger partial charge is 0.433 e. The van der Waals surface area contributed by atoms with Gasteiger partial charge in [0.2, 0.25) is 0 Å². The molecule has 38 heavy (non-hydrogen) atoms. The maximum absolute atomic E-state index is 15.5. The Balaban J connectivity index is 1.64. The molecule has 0 spiro atoms. The number of carbonyl (C=O) groups excluding carboxylic acids is 1. The number of hydrogen-bond donors (Lipinski definition) is 1. The fourth-order valence-electron chi connectivity index (χ4n) is 5.75. The summed E-state index contributed by atoms with van der Waals surface area (Å²) in [6.45, 7) is 0.730. The molecule has 4 aromatic rings. The molecular weight excluding hydrogens is 495 g/mol. The lowest BCUT2D eigenvalue weighted by atomic mass is 9.99. The van der Waals surface area contributed by atoms with Gasteiger partial charge in [-0.25, -0.2) is 9.37 Å². The molecule has 0 fully saturated rings. The number of para-hydroxylation sites is 1. The van der Waals surface area contributed by atoms with Crippen LogP contribution in [0.4, 0.5) is 13.2 Å². The highest BCUT2D eigenvalue weighted by atomic mass is 19.3. The molecular formula is C28H26F3N5O2. The molecule has 1 aliphatic carbocycles. The molecule has 7 nitrogen and oxygen atoms in total. The number of carbonyl (C=O) groups is 1. The zero-order chi connectivity index (χ0) is 26.9. The standard InChI is InChI=1S/C28H26F3N5O2/c1-4-20-25-34-19-12-18(29)17(15-10-14-8-9-28(2,32)24(14)33-13-15)11-21(19)36(25)23-16(26(37)35(20)3)6-5-7-22(23)38-27(30)31/h5-7,10-13,20,27H,4,8-9,32H2,1-3H3. The van der Waals surface area contributed by atoms with Crippen LogP contribution in [-0.2, 0) is 12.0 Å². The van der Waals surface area contributed by atoms with Crippen molar-refractivity contribution in [3.8, 4) is 22.6 Å². The molecule has 1 aliphatic heterocycles. The summed E-state index contributed by atoms with van der Waals surface area (Å²) in [4.78, 5) is 24.2. The van der Waals surface area contributed by atoms with Gasteiger partial charge < -0.3 is 15.4 Å². The number of pyridine rings is 1. The van der Waals surface area contributed by atoms with Crippen molar-refractivity contribution in [2.75, 3.05) is 7.05 Å². The van der Waals surface area contributed by atoms with E-state index < -0.39 is 24.0 Å². The van der Waals surface area contributed by atoms with Crippen LogP contribution in [-0.4, -0.2) is 39.0 Å². The van der Waals surface area contributed by atoms with Crippen LogP contribution in [0.1, 0.15) is 60.2 Å².